The Bertz CT molecular complexity index is 682. The van der Waals surface area contributed by atoms with E-state index in [0.29, 0.717) is 18.4 Å². The predicted molar refractivity (Wildman–Crippen MR) is 88.2 cm³/mol. The summed E-state index contributed by atoms with van der Waals surface area (Å²) in [5.74, 6) is -1.64. The average molecular weight is 354 g/mol. The zero-order valence-corrected chi connectivity index (χ0v) is 14.4. The summed E-state index contributed by atoms with van der Waals surface area (Å²) in [4.78, 5) is 23.9. The van der Waals surface area contributed by atoms with Crippen LogP contribution < -0.4 is 5.73 Å². The maximum absolute atomic E-state index is 12.3. The second-order valence-corrected chi connectivity index (χ2v) is 7.96. The number of nitrogens with zero attached hydrogens (tertiary/aromatic N) is 1. The van der Waals surface area contributed by atoms with E-state index in [1.807, 2.05) is 0 Å². The van der Waals surface area contributed by atoms with Crippen LogP contribution in [-0.2, 0) is 24.3 Å². The zero-order chi connectivity index (χ0) is 17.7. The van der Waals surface area contributed by atoms with Gasteiger partial charge in [-0.25, -0.2) is 12.7 Å². The molecule has 0 spiro atoms. The lowest BCUT2D eigenvalue weighted by Crippen LogP contribution is -2.41. The van der Waals surface area contributed by atoms with E-state index < -0.39 is 33.9 Å². The number of hydrogen-bond acceptors (Lipinski definition) is 5. The Morgan fingerprint density at radius 1 is 1.25 bits per heavy atom. The van der Waals surface area contributed by atoms with Crippen LogP contribution >= 0.6 is 0 Å². The van der Waals surface area contributed by atoms with Crippen molar-refractivity contribution < 1.29 is 22.7 Å². The fraction of sp³-hybridized carbons (Fsp3) is 0.500. The number of piperidine rings is 1. The molecule has 1 amide bonds. The maximum Gasteiger partial charge on any atom is 0.310 e. The Morgan fingerprint density at radius 3 is 2.33 bits per heavy atom. The third-order valence-corrected chi connectivity index (χ3v) is 6.02. The molecule has 0 aliphatic carbocycles. The number of hydrogen-bond donors (Lipinski definition) is 1. The lowest BCUT2D eigenvalue weighted by molar-refractivity contribution is -0.160. The second-order valence-electron chi connectivity index (χ2n) is 5.70. The van der Waals surface area contributed by atoms with Gasteiger partial charge in [0.05, 0.1) is 11.7 Å². The summed E-state index contributed by atoms with van der Waals surface area (Å²) < 4.78 is 30.4. The van der Waals surface area contributed by atoms with Gasteiger partial charge in [-0.2, -0.15) is 0 Å². The van der Waals surface area contributed by atoms with Gasteiger partial charge in [0.15, 0.2) is 0 Å². The molecule has 24 heavy (non-hydrogen) atoms. The first kappa shape index (κ1) is 18.4. The molecule has 0 radical (unpaired) electrons. The fourth-order valence-corrected chi connectivity index (χ4v) is 3.82. The van der Waals surface area contributed by atoms with Crippen LogP contribution in [0, 0.1) is 5.92 Å². The van der Waals surface area contributed by atoms with E-state index in [9.17, 15) is 18.0 Å². The van der Waals surface area contributed by atoms with Crippen LogP contribution in [0.3, 0.4) is 0 Å². The molecule has 2 rings (SSSR count). The number of benzene rings is 1. The SMILES string of the molecule is CCS(=O)(=O)N1CCC(C(=O)O[C@H](C(N)=O)c2ccccc2)CC1. The quantitative estimate of drug-likeness (QED) is 0.761. The van der Waals surface area contributed by atoms with Crippen molar-refractivity contribution in [2.75, 3.05) is 18.8 Å². The Balaban J connectivity index is 1.99. The minimum absolute atomic E-state index is 0.0415. The summed E-state index contributed by atoms with van der Waals surface area (Å²) in [7, 11) is -3.24. The summed E-state index contributed by atoms with van der Waals surface area (Å²) >= 11 is 0. The molecule has 0 bridgehead atoms. The standard InChI is InChI=1S/C16H22N2O5S/c1-2-24(21,22)18-10-8-13(9-11-18)16(20)23-14(15(17)19)12-6-4-3-5-7-12/h3-7,13-14H,2,8-11H2,1H3,(H2,17,19)/t14-/m0/s1. The van der Waals surface area contributed by atoms with E-state index in [1.54, 1.807) is 37.3 Å². The van der Waals surface area contributed by atoms with Crippen molar-refractivity contribution in [2.24, 2.45) is 11.7 Å². The molecule has 1 aliphatic rings. The number of sulfonamides is 1. The molecule has 0 aromatic heterocycles. The van der Waals surface area contributed by atoms with Crippen LogP contribution in [-0.4, -0.2) is 43.4 Å². The van der Waals surface area contributed by atoms with Crippen LogP contribution in [0.5, 0.6) is 0 Å². The van der Waals surface area contributed by atoms with Crippen molar-refractivity contribution >= 4 is 21.9 Å². The number of esters is 1. The van der Waals surface area contributed by atoms with Crippen molar-refractivity contribution in [2.45, 2.75) is 25.9 Å². The van der Waals surface area contributed by atoms with E-state index in [4.69, 9.17) is 10.5 Å². The van der Waals surface area contributed by atoms with Crippen LogP contribution in [0.1, 0.15) is 31.4 Å². The maximum atomic E-state index is 12.3. The number of primary amides is 1. The Morgan fingerprint density at radius 2 is 1.83 bits per heavy atom. The molecule has 132 valence electrons. The number of carbonyl (C=O) groups excluding carboxylic acids is 2. The summed E-state index contributed by atoms with van der Waals surface area (Å²) in [6.07, 6.45) is -0.382. The van der Waals surface area contributed by atoms with E-state index >= 15 is 0 Å². The molecule has 1 fully saturated rings. The van der Waals surface area contributed by atoms with Gasteiger partial charge in [0.1, 0.15) is 0 Å². The highest BCUT2D eigenvalue weighted by Crippen LogP contribution is 2.25. The van der Waals surface area contributed by atoms with Gasteiger partial charge in [-0.1, -0.05) is 30.3 Å². The summed E-state index contributed by atoms with van der Waals surface area (Å²) in [5, 5.41) is 0. The van der Waals surface area contributed by atoms with Crippen molar-refractivity contribution in [1.29, 1.82) is 0 Å². The summed E-state index contributed by atoms with van der Waals surface area (Å²) in [6.45, 7) is 2.15. The van der Waals surface area contributed by atoms with Gasteiger partial charge in [0.25, 0.3) is 5.91 Å². The van der Waals surface area contributed by atoms with Gasteiger partial charge < -0.3 is 10.5 Å². The van der Waals surface area contributed by atoms with E-state index in [-0.39, 0.29) is 18.8 Å². The lowest BCUT2D eigenvalue weighted by atomic mass is 9.98. The normalized spacial score (nSPS) is 18.0. The topological polar surface area (TPSA) is 107 Å². The molecular formula is C16H22N2O5S. The van der Waals surface area contributed by atoms with E-state index in [2.05, 4.69) is 0 Å². The zero-order valence-electron chi connectivity index (χ0n) is 13.6. The molecule has 1 aromatic rings. The first-order valence-electron chi connectivity index (χ1n) is 7.87. The highest BCUT2D eigenvalue weighted by molar-refractivity contribution is 7.89. The average Bonchev–Trinajstić information content (AvgIpc) is 2.60. The van der Waals surface area contributed by atoms with Crippen molar-refractivity contribution in [1.82, 2.24) is 4.31 Å². The first-order valence-corrected chi connectivity index (χ1v) is 9.48. The van der Waals surface area contributed by atoms with E-state index in [1.165, 1.54) is 4.31 Å². The number of rotatable bonds is 6. The van der Waals surface area contributed by atoms with Crippen LogP contribution in [0.2, 0.25) is 0 Å². The Hall–Kier alpha value is -1.93. The minimum atomic E-state index is -3.24. The number of nitrogens with two attached hydrogens (primary N) is 1. The molecular weight excluding hydrogens is 332 g/mol. The molecule has 1 aromatic carbocycles. The second kappa shape index (κ2) is 7.76. The predicted octanol–water partition coefficient (Wildman–Crippen LogP) is 0.818. The Labute approximate surface area is 141 Å². The van der Waals surface area contributed by atoms with Gasteiger partial charge in [-0.05, 0) is 19.8 Å². The van der Waals surface area contributed by atoms with Gasteiger partial charge in [-0.15, -0.1) is 0 Å². The van der Waals surface area contributed by atoms with Crippen LogP contribution in [0.4, 0.5) is 0 Å². The summed E-state index contributed by atoms with van der Waals surface area (Å²) in [6, 6.07) is 8.58. The third-order valence-electron chi connectivity index (χ3n) is 4.14. The van der Waals surface area contributed by atoms with Gasteiger partial charge in [0.2, 0.25) is 16.1 Å². The molecule has 0 unspecified atom stereocenters. The van der Waals surface area contributed by atoms with Crippen molar-refractivity contribution in [3.63, 3.8) is 0 Å². The fourth-order valence-electron chi connectivity index (χ4n) is 2.68. The first-order chi connectivity index (χ1) is 11.3. The van der Waals surface area contributed by atoms with Crippen LogP contribution in [0.25, 0.3) is 0 Å². The molecule has 7 nitrogen and oxygen atoms in total. The molecule has 1 saturated heterocycles. The summed E-state index contributed by atoms with van der Waals surface area (Å²) in [5.41, 5.74) is 5.86. The van der Waals surface area contributed by atoms with E-state index in [0.717, 1.165) is 0 Å². The molecule has 1 atom stereocenters. The Kier molecular flexibility index (Phi) is 5.95. The van der Waals surface area contributed by atoms with Crippen molar-refractivity contribution in [3.05, 3.63) is 35.9 Å². The smallest absolute Gasteiger partial charge is 0.310 e. The molecule has 8 heteroatoms. The third kappa shape index (κ3) is 4.33. The lowest BCUT2D eigenvalue weighted by Gasteiger charge is -2.30. The number of carbonyl (C=O) groups is 2. The van der Waals surface area contributed by atoms with Gasteiger partial charge in [-0.3, -0.25) is 9.59 Å². The largest absolute Gasteiger partial charge is 0.447 e. The molecule has 1 heterocycles. The van der Waals surface area contributed by atoms with Gasteiger partial charge >= 0.3 is 5.97 Å². The highest BCUT2D eigenvalue weighted by atomic mass is 32.2. The van der Waals surface area contributed by atoms with Crippen LogP contribution in [0.15, 0.2) is 30.3 Å². The molecule has 0 saturated carbocycles. The number of amides is 1. The van der Waals surface area contributed by atoms with Crippen molar-refractivity contribution in [3.8, 4) is 0 Å². The number of ether oxygens (including phenoxy) is 1. The minimum Gasteiger partial charge on any atom is -0.447 e. The monoisotopic (exact) mass is 354 g/mol. The van der Waals surface area contributed by atoms with Gasteiger partial charge in [0, 0.05) is 18.7 Å². The molecule has 1 aliphatic heterocycles. The highest BCUT2D eigenvalue weighted by Gasteiger charge is 2.33. The molecule has 2 N–H and O–H groups in total.